The molecule has 4 heteroatoms. The van der Waals surface area contributed by atoms with Crippen LogP contribution >= 0.6 is 0 Å². The van der Waals surface area contributed by atoms with Gasteiger partial charge >= 0.3 is 0 Å². The zero-order valence-corrected chi connectivity index (χ0v) is 12.1. The van der Waals surface area contributed by atoms with Crippen LogP contribution in [0.15, 0.2) is 42.5 Å². The number of fused-ring (bicyclic) bond motifs is 1. The Kier molecular flexibility index (Phi) is 3.52. The summed E-state index contributed by atoms with van der Waals surface area (Å²) in [4.78, 5) is 13.6. The predicted molar refractivity (Wildman–Crippen MR) is 86.4 cm³/mol. The number of anilines is 3. The van der Waals surface area contributed by atoms with E-state index in [4.69, 9.17) is 5.73 Å². The summed E-state index contributed by atoms with van der Waals surface area (Å²) >= 11 is 0. The molecule has 1 heterocycles. The minimum atomic E-state index is 0.0731. The van der Waals surface area contributed by atoms with Gasteiger partial charge in [-0.05, 0) is 29.7 Å². The SMILES string of the molecule is CN(Cc1ccccc1)c1cc2c(cc1N)CCC(=O)N2. The molecule has 2 aromatic carbocycles. The van der Waals surface area contributed by atoms with E-state index in [1.807, 2.05) is 37.4 Å². The van der Waals surface area contributed by atoms with E-state index in [0.29, 0.717) is 6.42 Å². The van der Waals surface area contributed by atoms with E-state index in [1.165, 1.54) is 5.56 Å². The van der Waals surface area contributed by atoms with Crippen molar-refractivity contribution in [2.45, 2.75) is 19.4 Å². The average molecular weight is 281 g/mol. The predicted octanol–water partition coefficient (Wildman–Crippen LogP) is 2.79. The van der Waals surface area contributed by atoms with E-state index < -0.39 is 0 Å². The van der Waals surface area contributed by atoms with Crippen molar-refractivity contribution < 1.29 is 4.79 Å². The molecule has 2 aromatic rings. The Morgan fingerprint density at radius 3 is 2.71 bits per heavy atom. The van der Waals surface area contributed by atoms with Crippen molar-refractivity contribution in [1.82, 2.24) is 0 Å². The number of aryl methyl sites for hydroxylation is 1. The molecule has 4 nitrogen and oxygen atoms in total. The number of rotatable bonds is 3. The molecule has 0 saturated heterocycles. The number of hydrogen-bond acceptors (Lipinski definition) is 3. The lowest BCUT2D eigenvalue weighted by molar-refractivity contribution is -0.116. The maximum Gasteiger partial charge on any atom is 0.224 e. The lowest BCUT2D eigenvalue weighted by atomic mass is 10.0. The zero-order valence-electron chi connectivity index (χ0n) is 12.1. The minimum absolute atomic E-state index is 0.0731. The number of nitrogen functional groups attached to an aromatic ring is 1. The van der Waals surface area contributed by atoms with Crippen LogP contribution in [0, 0.1) is 0 Å². The summed E-state index contributed by atoms with van der Waals surface area (Å²) in [5.41, 5.74) is 11.1. The van der Waals surface area contributed by atoms with Crippen LogP contribution in [-0.4, -0.2) is 13.0 Å². The van der Waals surface area contributed by atoms with Crippen molar-refractivity contribution in [3.8, 4) is 0 Å². The highest BCUT2D eigenvalue weighted by molar-refractivity contribution is 5.95. The van der Waals surface area contributed by atoms with Crippen molar-refractivity contribution in [3.63, 3.8) is 0 Å². The van der Waals surface area contributed by atoms with E-state index in [0.717, 1.165) is 35.6 Å². The Hall–Kier alpha value is -2.49. The first-order valence-corrected chi connectivity index (χ1v) is 7.11. The second-order valence-electron chi connectivity index (χ2n) is 5.46. The quantitative estimate of drug-likeness (QED) is 0.851. The summed E-state index contributed by atoms with van der Waals surface area (Å²) in [5, 5.41) is 2.93. The molecule has 3 N–H and O–H groups in total. The van der Waals surface area contributed by atoms with Gasteiger partial charge in [-0.15, -0.1) is 0 Å². The monoisotopic (exact) mass is 281 g/mol. The van der Waals surface area contributed by atoms with Crippen molar-refractivity contribution in [2.24, 2.45) is 0 Å². The molecular formula is C17H19N3O. The van der Waals surface area contributed by atoms with Crippen molar-refractivity contribution in [1.29, 1.82) is 0 Å². The molecule has 1 aliphatic rings. The standard InChI is InChI=1S/C17H19N3O/c1-20(11-12-5-3-2-4-6-12)16-10-15-13(9-14(16)18)7-8-17(21)19-15/h2-6,9-10H,7-8,11,18H2,1H3,(H,19,21). The fraction of sp³-hybridized carbons (Fsp3) is 0.235. The van der Waals surface area contributed by atoms with Gasteiger partial charge in [0.15, 0.2) is 0 Å². The van der Waals surface area contributed by atoms with E-state index in [9.17, 15) is 4.79 Å². The van der Waals surface area contributed by atoms with Gasteiger partial charge in [0, 0.05) is 25.7 Å². The maximum absolute atomic E-state index is 11.5. The third-order valence-electron chi connectivity index (χ3n) is 3.82. The first-order chi connectivity index (χ1) is 10.1. The normalized spacial score (nSPS) is 13.5. The Morgan fingerprint density at radius 1 is 1.19 bits per heavy atom. The van der Waals surface area contributed by atoms with Crippen LogP contribution < -0.4 is 16.0 Å². The summed E-state index contributed by atoms with van der Waals surface area (Å²) in [6.45, 7) is 0.776. The minimum Gasteiger partial charge on any atom is -0.397 e. The van der Waals surface area contributed by atoms with Gasteiger partial charge in [0.2, 0.25) is 5.91 Å². The highest BCUT2D eigenvalue weighted by Crippen LogP contribution is 2.33. The summed E-state index contributed by atoms with van der Waals surface area (Å²) in [7, 11) is 2.01. The van der Waals surface area contributed by atoms with E-state index in [1.54, 1.807) is 0 Å². The van der Waals surface area contributed by atoms with Crippen molar-refractivity contribution in [3.05, 3.63) is 53.6 Å². The second kappa shape index (κ2) is 5.48. The van der Waals surface area contributed by atoms with Gasteiger partial charge in [-0.25, -0.2) is 0 Å². The zero-order chi connectivity index (χ0) is 14.8. The van der Waals surface area contributed by atoms with E-state index in [-0.39, 0.29) is 5.91 Å². The molecule has 0 bridgehead atoms. The summed E-state index contributed by atoms with van der Waals surface area (Å²) < 4.78 is 0. The summed E-state index contributed by atoms with van der Waals surface area (Å²) in [5.74, 6) is 0.0731. The van der Waals surface area contributed by atoms with E-state index in [2.05, 4.69) is 22.3 Å². The Bertz CT molecular complexity index is 667. The molecule has 108 valence electrons. The molecule has 0 radical (unpaired) electrons. The number of nitrogens with one attached hydrogen (secondary N) is 1. The van der Waals surface area contributed by atoms with Gasteiger partial charge in [0.05, 0.1) is 11.4 Å². The fourth-order valence-electron chi connectivity index (χ4n) is 2.71. The first kappa shape index (κ1) is 13.5. The Labute approximate surface area is 124 Å². The number of carbonyl (C=O) groups excluding carboxylic acids is 1. The molecule has 0 aromatic heterocycles. The second-order valence-corrected chi connectivity index (χ2v) is 5.46. The third-order valence-corrected chi connectivity index (χ3v) is 3.82. The van der Waals surface area contributed by atoms with E-state index >= 15 is 0 Å². The molecule has 0 atom stereocenters. The average Bonchev–Trinajstić information content (AvgIpc) is 2.48. The molecule has 0 fully saturated rings. The fourth-order valence-corrected chi connectivity index (χ4v) is 2.71. The third kappa shape index (κ3) is 2.84. The van der Waals surface area contributed by atoms with Crippen LogP contribution in [0.25, 0.3) is 0 Å². The van der Waals surface area contributed by atoms with Crippen LogP contribution in [0.4, 0.5) is 17.1 Å². The van der Waals surface area contributed by atoms with Gasteiger partial charge in [-0.1, -0.05) is 30.3 Å². The number of nitrogens with two attached hydrogens (primary N) is 1. The number of amides is 1. The van der Waals surface area contributed by atoms with Crippen LogP contribution in [0.5, 0.6) is 0 Å². The highest BCUT2D eigenvalue weighted by atomic mass is 16.1. The summed E-state index contributed by atoms with van der Waals surface area (Å²) in [6.07, 6.45) is 1.29. The van der Waals surface area contributed by atoms with Crippen LogP contribution in [0.1, 0.15) is 17.5 Å². The highest BCUT2D eigenvalue weighted by Gasteiger charge is 2.18. The number of benzene rings is 2. The molecule has 3 rings (SSSR count). The number of hydrogen-bond donors (Lipinski definition) is 2. The molecule has 0 spiro atoms. The van der Waals surface area contributed by atoms with Gasteiger partial charge in [0.25, 0.3) is 0 Å². The van der Waals surface area contributed by atoms with Gasteiger partial charge in [0.1, 0.15) is 0 Å². The number of carbonyl (C=O) groups is 1. The van der Waals surface area contributed by atoms with Gasteiger partial charge in [-0.2, -0.15) is 0 Å². The lowest BCUT2D eigenvalue weighted by Crippen LogP contribution is -2.22. The van der Waals surface area contributed by atoms with Gasteiger partial charge in [-0.3, -0.25) is 4.79 Å². The Morgan fingerprint density at radius 2 is 1.95 bits per heavy atom. The molecule has 0 unspecified atom stereocenters. The topological polar surface area (TPSA) is 58.4 Å². The Balaban J connectivity index is 1.87. The van der Waals surface area contributed by atoms with Crippen molar-refractivity contribution in [2.75, 3.05) is 23.0 Å². The lowest BCUT2D eigenvalue weighted by Gasteiger charge is -2.25. The van der Waals surface area contributed by atoms with Crippen LogP contribution in [0.2, 0.25) is 0 Å². The molecule has 0 saturated carbocycles. The maximum atomic E-state index is 11.5. The number of nitrogens with zero attached hydrogens (tertiary/aromatic N) is 1. The molecule has 21 heavy (non-hydrogen) atoms. The van der Waals surface area contributed by atoms with Gasteiger partial charge < -0.3 is 16.0 Å². The molecule has 1 amide bonds. The first-order valence-electron chi connectivity index (χ1n) is 7.11. The van der Waals surface area contributed by atoms with Crippen LogP contribution in [-0.2, 0) is 17.8 Å². The van der Waals surface area contributed by atoms with Crippen LogP contribution in [0.3, 0.4) is 0 Å². The molecular weight excluding hydrogens is 262 g/mol. The smallest absolute Gasteiger partial charge is 0.224 e. The summed E-state index contributed by atoms with van der Waals surface area (Å²) in [6, 6.07) is 14.2. The van der Waals surface area contributed by atoms with Crippen molar-refractivity contribution >= 4 is 23.0 Å². The largest absolute Gasteiger partial charge is 0.397 e. The molecule has 0 aliphatic carbocycles. The molecule has 1 aliphatic heterocycles.